The largest absolute Gasteiger partial charge is 0.468 e. The van der Waals surface area contributed by atoms with E-state index in [0.29, 0.717) is 11.3 Å². The van der Waals surface area contributed by atoms with E-state index in [2.05, 4.69) is 10.1 Å². The fourth-order valence-corrected chi connectivity index (χ4v) is 1.02. The number of methoxy groups -OCH3 is 1. The predicted molar refractivity (Wildman–Crippen MR) is 51.6 cm³/mol. The summed E-state index contributed by atoms with van der Waals surface area (Å²) in [6.07, 6.45) is 0. The number of carbonyl (C=O) groups excluding carboxylic acids is 1. The summed E-state index contributed by atoms with van der Waals surface area (Å²) in [6, 6.07) is 4.96. The number of rotatable bonds is 3. The van der Waals surface area contributed by atoms with Crippen molar-refractivity contribution in [1.82, 2.24) is 0 Å². The molecule has 1 aromatic rings. The van der Waals surface area contributed by atoms with Gasteiger partial charge in [0.25, 0.3) is 0 Å². The number of aryl methyl sites for hydroxylation is 1. The Labute approximate surface area is 81.9 Å². The highest BCUT2D eigenvalue weighted by Gasteiger charge is 2.05. The molecule has 14 heavy (non-hydrogen) atoms. The molecule has 0 unspecified atom stereocenters. The molecule has 0 saturated carbocycles. The van der Waals surface area contributed by atoms with Gasteiger partial charge in [-0.25, -0.2) is 4.39 Å². The van der Waals surface area contributed by atoms with Gasteiger partial charge in [0.2, 0.25) is 0 Å². The van der Waals surface area contributed by atoms with E-state index in [1.165, 1.54) is 7.11 Å². The Hall–Kier alpha value is -1.58. The lowest BCUT2D eigenvalue weighted by atomic mass is 10.2. The highest BCUT2D eigenvalue weighted by atomic mass is 19.1. The molecule has 1 aromatic carbocycles. The molecule has 0 aromatic heterocycles. The van der Waals surface area contributed by atoms with E-state index >= 15 is 0 Å². The standard InChI is InChI=1S/C10H12FNO2/c1-7-4-3-5-8(10(7)11)12-6-9(13)14-2/h3-5,12H,6H2,1-2H3. The average Bonchev–Trinajstić information content (AvgIpc) is 2.20. The zero-order valence-electron chi connectivity index (χ0n) is 8.13. The van der Waals surface area contributed by atoms with E-state index in [4.69, 9.17) is 0 Å². The van der Waals surface area contributed by atoms with Crippen molar-refractivity contribution >= 4 is 11.7 Å². The van der Waals surface area contributed by atoms with Gasteiger partial charge in [0, 0.05) is 0 Å². The van der Waals surface area contributed by atoms with Crippen LogP contribution < -0.4 is 5.32 Å². The van der Waals surface area contributed by atoms with Crippen LogP contribution in [-0.2, 0) is 9.53 Å². The maximum Gasteiger partial charge on any atom is 0.325 e. The number of benzene rings is 1. The number of halogens is 1. The quantitative estimate of drug-likeness (QED) is 0.750. The van der Waals surface area contributed by atoms with E-state index in [0.717, 1.165) is 0 Å². The third kappa shape index (κ3) is 2.45. The maximum absolute atomic E-state index is 13.3. The second-order valence-corrected chi connectivity index (χ2v) is 2.87. The van der Waals surface area contributed by atoms with Crippen LogP contribution in [0.2, 0.25) is 0 Å². The summed E-state index contributed by atoms with van der Waals surface area (Å²) in [5, 5.41) is 2.65. The van der Waals surface area contributed by atoms with Crippen molar-refractivity contribution in [2.45, 2.75) is 6.92 Å². The molecule has 1 N–H and O–H groups in total. The summed E-state index contributed by atoms with van der Waals surface area (Å²) in [5.74, 6) is -0.762. The SMILES string of the molecule is COC(=O)CNc1cccc(C)c1F. The minimum absolute atomic E-state index is 0.0309. The van der Waals surface area contributed by atoms with Gasteiger partial charge in [0.15, 0.2) is 0 Å². The first-order valence-corrected chi connectivity index (χ1v) is 4.21. The van der Waals surface area contributed by atoms with Crippen LogP contribution in [-0.4, -0.2) is 19.6 Å². The number of esters is 1. The first-order chi connectivity index (χ1) is 6.65. The molecule has 0 saturated heterocycles. The van der Waals surface area contributed by atoms with Gasteiger partial charge in [-0.1, -0.05) is 12.1 Å². The lowest BCUT2D eigenvalue weighted by Crippen LogP contribution is -2.15. The zero-order chi connectivity index (χ0) is 10.6. The van der Waals surface area contributed by atoms with Crippen LogP contribution in [0.5, 0.6) is 0 Å². The summed E-state index contributed by atoms with van der Waals surface area (Å²) in [6.45, 7) is 1.63. The first kappa shape index (κ1) is 10.5. The Bertz CT molecular complexity index is 339. The fourth-order valence-electron chi connectivity index (χ4n) is 1.02. The topological polar surface area (TPSA) is 38.3 Å². The van der Waals surface area contributed by atoms with Crippen LogP contribution >= 0.6 is 0 Å². The summed E-state index contributed by atoms with van der Waals surface area (Å²) in [7, 11) is 1.29. The van der Waals surface area contributed by atoms with E-state index in [1.807, 2.05) is 0 Å². The van der Waals surface area contributed by atoms with E-state index in [1.54, 1.807) is 25.1 Å². The molecule has 0 aliphatic rings. The van der Waals surface area contributed by atoms with Crippen LogP contribution in [0.1, 0.15) is 5.56 Å². The molecule has 4 heteroatoms. The first-order valence-electron chi connectivity index (χ1n) is 4.21. The molecule has 0 spiro atoms. The number of ether oxygens (including phenoxy) is 1. The van der Waals surface area contributed by atoms with Crippen LogP contribution in [0.15, 0.2) is 18.2 Å². The predicted octanol–water partition coefficient (Wildman–Crippen LogP) is 1.72. The lowest BCUT2D eigenvalue weighted by Gasteiger charge is -2.07. The van der Waals surface area contributed by atoms with Crippen LogP contribution in [0.4, 0.5) is 10.1 Å². The number of hydrogen-bond donors (Lipinski definition) is 1. The molecule has 0 amide bonds. The Morgan fingerprint density at radius 1 is 1.57 bits per heavy atom. The van der Waals surface area contributed by atoms with Crippen LogP contribution in [0, 0.1) is 12.7 Å². The molecule has 76 valence electrons. The van der Waals surface area contributed by atoms with Crippen LogP contribution in [0.25, 0.3) is 0 Å². The zero-order valence-corrected chi connectivity index (χ0v) is 8.13. The highest BCUT2D eigenvalue weighted by Crippen LogP contribution is 2.16. The van der Waals surface area contributed by atoms with E-state index < -0.39 is 5.97 Å². The molecule has 3 nitrogen and oxygen atoms in total. The molecule has 0 radical (unpaired) electrons. The van der Waals surface area contributed by atoms with Gasteiger partial charge in [-0.3, -0.25) is 4.79 Å². The van der Waals surface area contributed by atoms with Crippen LogP contribution in [0.3, 0.4) is 0 Å². The molecule has 1 rings (SSSR count). The van der Waals surface area contributed by atoms with Crippen molar-refractivity contribution in [3.05, 3.63) is 29.6 Å². The van der Waals surface area contributed by atoms with Crippen molar-refractivity contribution in [2.24, 2.45) is 0 Å². The number of hydrogen-bond acceptors (Lipinski definition) is 3. The third-order valence-electron chi connectivity index (χ3n) is 1.84. The maximum atomic E-state index is 13.3. The van der Waals surface area contributed by atoms with Gasteiger partial charge in [-0.15, -0.1) is 0 Å². The Kier molecular flexibility index (Phi) is 3.45. The Balaban J connectivity index is 2.68. The molecule has 0 aliphatic heterocycles. The van der Waals surface area contributed by atoms with Gasteiger partial charge >= 0.3 is 5.97 Å². The molecule has 0 fully saturated rings. The normalized spacial score (nSPS) is 9.64. The molecule has 0 bridgehead atoms. The molecular weight excluding hydrogens is 185 g/mol. The van der Waals surface area contributed by atoms with Crippen molar-refractivity contribution in [3.8, 4) is 0 Å². The second-order valence-electron chi connectivity index (χ2n) is 2.87. The van der Waals surface area contributed by atoms with Crippen molar-refractivity contribution in [2.75, 3.05) is 19.0 Å². The van der Waals surface area contributed by atoms with Gasteiger partial charge in [-0.2, -0.15) is 0 Å². The summed E-state index contributed by atoms with van der Waals surface area (Å²) in [4.78, 5) is 10.8. The highest BCUT2D eigenvalue weighted by molar-refractivity contribution is 5.74. The fraction of sp³-hybridized carbons (Fsp3) is 0.300. The average molecular weight is 197 g/mol. The Morgan fingerprint density at radius 3 is 2.93 bits per heavy atom. The molecule has 0 heterocycles. The smallest absolute Gasteiger partial charge is 0.325 e. The van der Waals surface area contributed by atoms with Gasteiger partial charge < -0.3 is 10.1 Å². The Morgan fingerprint density at radius 2 is 2.29 bits per heavy atom. The van der Waals surface area contributed by atoms with Gasteiger partial charge in [0.05, 0.1) is 12.8 Å². The summed E-state index contributed by atoms with van der Waals surface area (Å²) >= 11 is 0. The van der Waals surface area contributed by atoms with Crippen molar-refractivity contribution in [3.63, 3.8) is 0 Å². The third-order valence-corrected chi connectivity index (χ3v) is 1.84. The van der Waals surface area contributed by atoms with Crippen molar-refractivity contribution < 1.29 is 13.9 Å². The summed E-state index contributed by atoms with van der Waals surface area (Å²) in [5.41, 5.74) is 0.857. The number of anilines is 1. The molecule has 0 atom stereocenters. The molecule has 0 aliphatic carbocycles. The number of carbonyl (C=O) groups is 1. The van der Waals surface area contributed by atoms with Gasteiger partial charge in [0.1, 0.15) is 12.4 Å². The van der Waals surface area contributed by atoms with E-state index in [9.17, 15) is 9.18 Å². The number of nitrogens with one attached hydrogen (secondary N) is 1. The monoisotopic (exact) mass is 197 g/mol. The van der Waals surface area contributed by atoms with Gasteiger partial charge in [-0.05, 0) is 18.6 Å². The lowest BCUT2D eigenvalue weighted by molar-refractivity contribution is -0.138. The minimum Gasteiger partial charge on any atom is -0.468 e. The second kappa shape index (κ2) is 4.60. The summed E-state index contributed by atoms with van der Waals surface area (Å²) < 4.78 is 17.8. The van der Waals surface area contributed by atoms with E-state index in [-0.39, 0.29) is 12.4 Å². The molecular formula is C10H12FNO2. The van der Waals surface area contributed by atoms with Crippen molar-refractivity contribution in [1.29, 1.82) is 0 Å². The minimum atomic E-state index is -0.425.